The number of carbonyl (C=O) groups excluding carboxylic acids is 2. The van der Waals surface area contributed by atoms with Gasteiger partial charge < -0.3 is 15.4 Å². The zero-order valence-corrected chi connectivity index (χ0v) is 17.7. The van der Waals surface area contributed by atoms with Crippen LogP contribution in [0.2, 0.25) is 0 Å². The van der Waals surface area contributed by atoms with Gasteiger partial charge in [0, 0.05) is 17.8 Å². The van der Waals surface area contributed by atoms with Crippen molar-refractivity contribution in [1.82, 2.24) is 10.3 Å². The Morgan fingerprint density at radius 3 is 2.76 bits per heavy atom. The van der Waals surface area contributed by atoms with Gasteiger partial charge in [-0.1, -0.05) is 25.3 Å². The Kier molecular flexibility index (Phi) is 7.46. The lowest BCUT2D eigenvalue weighted by Crippen LogP contribution is -2.38. The predicted molar refractivity (Wildman–Crippen MR) is 116 cm³/mol. The van der Waals surface area contributed by atoms with E-state index in [2.05, 4.69) is 20.9 Å². The van der Waals surface area contributed by atoms with Crippen LogP contribution in [0.4, 0.5) is 15.6 Å². The van der Waals surface area contributed by atoms with E-state index in [1.54, 1.807) is 7.11 Å². The van der Waals surface area contributed by atoms with E-state index in [4.69, 9.17) is 4.74 Å². The Balaban J connectivity index is 1.45. The highest BCUT2D eigenvalue weighted by molar-refractivity contribution is 7.13. The highest BCUT2D eigenvalue weighted by atomic mass is 32.1. The fourth-order valence-corrected chi connectivity index (χ4v) is 4.16. The summed E-state index contributed by atoms with van der Waals surface area (Å²) < 4.78 is 5.29. The van der Waals surface area contributed by atoms with E-state index in [1.165, 1.54) is 30.6 Å². The highest BCUT2D eigenvalue weighted by Gasteiger charge is 2.16. The van der Waals surface area contributed by atoms with Crippen molar-refractivity contribution >= 4 is 34.1 Å². The molecule has 8 heteroatoms. The molecule has 1 fully saturated rings. The number of ether oxygens (including phenoxy) is 1. The first-order valence-corrected chi connectivity index (χ1v) is 10.9. The monoisotopic (exact) mass is 416 g/mol. The molecule has 1 aliphatic rings. The van der Waals surface area contributed by atoms with Gasteiger partial charge in [-0.15, -0.1) is 11.3 Å². The van der Waals surface area contributed by atoms with Crippen molar-refractivity contribution in [3.05, 3.63) is 34.8 Å². The average molecular weight is 417 g/mol. The molecule has 3 amide bonds. The first-order valence-electron chi connectivity index (χ1n) is 10.00. The summed E-state index contributed by atoms with van der Waals surface area (Å²) in [5.41, 5.74) is 2.50. The molecule has 0 bridgehead atoms. The molecule has 0 aliphatic heterocycles. The van der Waals surface area contributed by atoms with E-state index in [0.29, 0.717) is 29.4 Å². The smallest absolute Gasteiger partial charge is 0.321 e. The lowest BCUT2D eigenvalue weighted by Gasteiger charge is -2.22. The van der Waals surface area contributed by atoms with Crippen molar-refractivity contribution in [2.45, 2.75) is 57.9 Å². The summed E-state index contributed by atoms with van der Waals surface area (Å²) in [6.07, 6.45) is 6.47. The minimum atomic E-state index is -0.206. The van der Waals surface area contributed by atoms with Gasteiger partial charge in [0.2, 0.25) is 5.91 Å². The van der Waals surface area contributed by atoms with Crippen LogP contribution in [0.25, 0.3) is 0 Å². The molecule has 156 valence electrons. The summed E-state index contributed by atoms with van der Waals surface area (Å²) in [6.45, 7) is 1.96. The van der Waals surface area contributed by atoms with Crippen LogP contribution < -0.4 is 20.7 Å². The number of thiazole rings is 1. The van der Waals surface area contributed by atoms with Crippen molar-refractivity contribution in [2.75, 3.05) is 17.7 Å². The summed E-state index contributed by atoms with van der Waals surface area (Å²) in [6, 6.07) is 5.70. The van der Waals surface area contributed by atoms with E-state index < -0.39 is 0 Å². The van der Waals surface area contributed by atoms with E-state index in [0.717, 1.165) is 24.1 Å². The van der Waals surface area contributed by atoms with E-state index >= 15 is 0 Å². The zero-order chi connectivity index (χ0) is 20.6. The molecule has 1 aromatic carbocycles. The number of nitrogens with zero attached hydrogens (tertiary/aromatic N) is 1. The summed E-state index contributed by atoms with van der Waals surface area (Å²) in [7, 11) is 1.58. The topological polar surface area (TPSA) is 92.4 Å². The molecule has 2 aromatic rings. The number of hydrogen-bond donors (Lipinski definition) is 3. The van der Waals surface area contributed by atoms with Crippen molar-refractivity contribution in [1.29, 1.82) is 0 Å². The van der Waals surface area contributed by atoms with Gasteiger partial charge in [0.15, 0.2) is 5.13 Å². The first kappa shape index (κ1) is 21.1. The summed E-state index contributed by atoms with van der Waals surface area (Å²) >= 11 is 1.37. The molecule has 0 radical (unpaired) electrons. The average Bonchev–Trinajstić information content (AvgIpc) is 3.14. The third-order valence-electron chi connectivity index (χ3n) is 4.95. The minimum absolute atomic E-state index is 0.105. The standard InChI is InChI=1S/C21H28N4O3S/c1-14-8-10-18(28-2)17(12-14)24-19(26)11-9-16-13-29-21(23-16)25-20(27)22-15-6-4-3-5-7-15/h8,10,12-13,15H,3-7,9,11H2,1-2H3,(H,24,26)(H2,22,23,25,27). The number of amides is 3. The number of nitrogens with one attached hydrogen (secondary N) is 3. The Hall–Kier alpha value is -2.61. The maximum absolute atomic E-state index is 12.3. The van der Waals surface area contributed by atoms with Crippen molar-refractivity contribution in [3.63, 3.8) is 0 Å². The van der Waals surface area contributed by atoms with Crippen LogP contribution in [0.15, 0.2) is 23.6 Å². The van der Waals surface area contributed by atoms with Crippen LogP contribution >= 0.6 is 11.3 Å². The fraction of sp³-hybridized carbons (Fsp3) is 0.476. The van der Waals surface area contributed by atoms with Gasteiger partial charge in [0.25, 0.3) is 0 Å². The second-order valence-corrected chi connectivity index (χ2v) is 8.19. The van der Waals surface area contributed by atoms with Crippen molar-refractivity contribution in [3.8, 4) is 5.75 Å². The van der Waals surface area contributed by atoms with E-state index in [-0.39, 0.29) is 18.0 Å². The molecule has 1 aromatic heterocycles. The van der Waals surface area contributed by atoms with Crippen molar-refractivity contribution < 1.29 is 14.3 Å². The second kappa shape index (κ2) is 10.2. The number of hydrogen-bond acceptors (Lipinski definition) is 5. The maximum atomic E-state index is 12.3. The maximum Gasteiger partial charge on any atom is 0.321 e. The third kappa shape index (κ3) is 6.45. The van der Waals surface area contributed by atoms with Crippen LogP contribution in [0, 0.1) is 6.92 Å². The van der Waals surface area contributed by atoms with Gasteiger partial charge in [-0.2, -0.15) is 0 Å². The van der Waals surface area contributed by atoms with E-state index in [1.807, 2.05) is 30.5 Å². The third-order valence-corrected chi connectivity index (χ3v) is 5.76. The number of aromatic nitrogens is 1. The Morgan fingerprint density at radius 2 is 2.00 bits per heavy atom. The largest absolute Gasteiger partial charge is 0.495 e. The molecular formula is C21H28N4O3S. The van der Waals surface area contributed by atoms with Crippen LogP contribution in [0.1, 0.15) is 49.8 Å². The number of rotatable bonds is 7. The minimum Gasteiger partial charge on any atom is -0.495 e. The normalized spacial score (nSPS) is 14.3. The van der Waals surface area contributed by atoms with Gasteiger partial charge in [-0.05, 0) is 43.9 Å². The predicted octanol–water partition coefficient (Wildman–Crippen LogP) is 4.49. The van der Waals surface area contributed by atoms with Crippen LogP contribution in [0.3, 0.4) is 0 Å². The lowest BCUT2D eigenvalue weighted by molar-refractivity contribution is -0.116. The van der Waals surface area contributed by atoms with Gasteiger partial charge in [0.1, 0.15) is 5.75 Å². The molecule has 1 heterocycles. The molecule has 3 rings (SSSR count). The molecule has 7 nitrogen and oxygen atoms in total. The number of methoxy groups -OCH3 is 1. The van der Waals surface area contributed by atoms with Gasteiger partial charge in [0.05, 0.1) is 18.5 Å². The quantitative estimate of drug-likeness (QED) is 0.620. The number of aryl methyl sites for hydroxylation is 2. The van der Waals surface area contributed by atoms with Gasteiger partial charge in [-0.25, -0.2) is 9.78 Å². The molecule has 3 N–H and O–H groups in total. The van der Waals surface area contributed by atoms with Crippen molar-refractivity contribution in [2.24, 2.45) is 0 Å². The summed E-state index contributed by atoms with van der Waals surface area (Å²) in [5.74, 6) is 0.527. The summed E-state index contributed by atoms with van der Waals surface area (Å²) in [5, 5.41) is 11.1. The second-order valence-electron chi connectivity index (χ2n) is 7.33. The number of benzene rings is 1. The molecule has 0 spiro atoms. The number of anilines is 2. The molecule has 0 unspecified atom stereocenters. The van der Waals surface area contributed by atoms with Crippen LogP contribution in [-0.2, 0) is 11.2 Å². The molecule has 1 aliphatic carbocycles. The molecule has 29 heavy (non-hydrogen) atoms. The molecular weight excluding hydrogens is 388 g/mol. The highest BCUT2D eigenvalue weighted by Crippen LogP contribution is 2.25. The van der Waals surface area contributed by atoms with Crippen LogP contribution in [-0.4, -0.2) is 30.1 Å². The van der Waals surface area contributed by atoms with Crippen LogP contribution in [0.5, 0.6) is 5.75 Å². The SMILES string of the molecule is COc1ccc(C)cc1NC(=O)CCc1csc(NC(=O)NC2CCCCC2)n1. The Morgan fingerprint density at radius 1 is 1.21 bits per heavy atom. The number of carbonyl (C=O) groups is 2. The van der Waals surface area contributed by atoms with Gasteiger partial charge >= 0.3 is 6.03 Å². The first-order chi connectivity index (χ1) is 14.0. The lowest BCUT2D eigenvalue weighted by atomic mass is 9.96. The Labute approximate surface area is 175 Å². The molecule has 0 atom stereocenters. The fourth-order valence-electron chi connectivity index (χ4n) is 3.42. The Bertz CT molecular complexity index is 846. The molecule has 1 saturated carbocycles. The summed E-state index contributed by atoms with van der Waals surface area (Å²) in [4.78, 5) is 28.8. The van der Waals surface area contributed by atoms with Gasteiger partial charge in [-0.3, -0.25) is 10.1 Å². The number of urea groups is 1. The zero-order valence-electron chi connectivity index (χ0n) is 16.9. The van der Waals surface area contributed by atoms with E-state index in [9.17, 15) is 9.59 Å². The molecule has 0 saturated heterocycles.